The van der Waals surface area contributed by atoms with Gasteiger partial charge in [0.2, 0.25) is 0 Å². The summed E-state index contributed by atoms with van der Waals surface area (Å²) in [6.07, 6.45) is 0.503. The third kappa shape index (κ3) is 4.82. The molecule has 2 N–H and O–H groups in total. The van der Waals surface area contributed by atoms with Gasteiger partial charge in [-0.2, -0.15) is 0 Å². The molecular formula is C13H25N3O4S. The highest BCUT2D eigenvalue weighted by molar-refractivity contribution is 7.91. The zero-order chi connectivity index (χ0) is 15.5. The van der Waals surface area contributed by atoms with Gasteiger partial charge in [-0.05, 0) is 20.3 Å². The fourth-order valence-electron chi connectivity index (χ4n) is 2.72. The fourth-order valence-corrected chi connectivity index (χ4v) is 4.40. The molecule has 2 aliphatic rings. The molecule has 0 saturated carbocycles. The Labute approximate surface area is 126 Å². The summed E-state index contributed by atoms with van der Waals surface area (Å²) in [4.78, 5) is 14.2. The number of hydrogen-bond donors (Lipinski definition) is 2. The summed E-state index contributed by atoms with van der Waals surface area (Å²) in [7, 11) is -2.97. The van der Waals surface area contributed by atoms with Crippen LogP contribution in [-0.2, 0) is 14.6 Å². The maximum atomic E-state index is 11.9. The number of sulfone groups is 1. The second-order valence-electron chi connectivity index (χ2n) is 6.34. The van der Waals surface area contributed by atoms with Crippen molar-refractivity contribution in [2.24, 2.45) is 0 Å². The predicted molar refractivity (Wildman–Crippen MR) is 80.1 cm³/mol. The Balaban J connectivity index is 1.75. The van der Waals surface area contributed by atoms with Crippen LogP contribution in [0, 0.1) is 0 Å². The van der Waals surface area contributed by atoms with E-state index in [1.807, 2.05) is 0 Å². The molecule has 122 valence electrons. The van der Waals surface area contributed by atoms with E-state index in [1.165, 1.54) is 0 Å². The molecule has 21 heavy (non-hydrogen) atoms. The highest BCUT2D eigenvalue weighted by Crippen LogP contribution is 2.15. The van der Waals surface area contributed by atoms with Crippen LogP contribution in [-0.4, -0.2) is 75.3 Å². The van der Waals surface area contributed by atoms with Crippen molar-refractivity contribution in [3.05, 3.63) is 0 Å². The number of morpholine rings is 1. The highest BCUT2D eigenvalue weighted by Gasteiger charge is 2.31. The number of hydrogen-bond acceptors (Lipinski definition) is 5. The van der Waals surface area contributed by atoms with Crippen molar-refractivity contribution < 1.29 is 17.9 Å². The Hall–Kier alpha value is -0.860. The van der Waals surface area contributed by atoms with Gasteiger partial charge in [-0.1, -0.05) is 0 Å². The lowest BCUT2D eigenvalue weighted by molar-refractivity contribution is -0.00876. The van der Waals surface area contributed by atoms with Crippen LogP contribution in [0.3, 0.4) is 0 Å². The molecule has 0 spiro atoms. The molecule has 7 nitrogen and oxygen atoms in total. The van der Waals surface area contributed by atoms with Crippen molar-refractivity contribution in [3.63, 3.8) is 0 Å². The summed E-state index contributed by atoms with van der Waals surface area (Å²) in [5, 5.41) is 5.58. The monoisotopic (exact) mass is 319 g/mol. The molecule has 0 aromatic heterocycles. The molecule has 1 unspecified atom stereocenters. The first kappa shape index (κ1) is 16.5. The molecule has 2 amide bonds. The topological polar surface area (TPSA) is 87.7 Å². The summed E-state index contributed by atoms with van der Waals surface area (Å²) in [6.45, 7) is 7.83. The summed E-state index contributed by atoms with van der Waals surface area (Å²) >= 11 is 0. The van der Waals surface area contributed by atoms with Gasteiger partial charge < -0.3 is 15.4 Å². The van der Waals surface area contributed by atoms with Crippen LogP contribution in [0.4, 0.5) is 4.79 Å². The standard InChI is InChI=1S/C13H25N3O4S/c1-13(2,16-4-6-20-7-5-16)10-14-12(17)15-11-3-8-21(18,19)9-11/h11H,3-10H2,1-2H3,(H2,14,15,17). The Morgan fingerprint density at radius 3 is 2.57 bits per heavy atom. The van der Waals surface area contributed by atoms with Gasteiger partial charge in [-0.3, -0.25) is 4.90 Å². The van der Waals surface area contributed by atoms with E-state index in [4.69, 9.17) is 4.74 Å². The third-order valence-electron chi connectivity index (χ3n) is 4.12. The molecule has 2 aliphatic heterocycles. The average molecular weight is 319 g/mol. The molecule has 0 radical (unpaired) electrons. The van der Waals surface area contributed by atoms with Crippen LogP contribution in [0.5, 0.6) is 0 Å². The van der Waals surface area contributed by atoms with Crippen LogP contribution in [0.15, 0.2) is 0 Å². The molecule has 0 aromatic carbocycles. The van der Waals surface area contributed by atoms with Crippen molar-refractivity contribution in [2.75, 3.05) is 44.4 Å². The summed E-state index contributed by atoms with van der Waals surface area (Å²) in [5.41, 5.74) is -0.150. The van der Waals surface area contributed by atoms with Gasteiger partial charge in [0.05, 0.1) is 24.7 Å². The first-order valence-electron chi connectivity index (χ1n) is 7.36. The van der Waals surface area contributed by atoms with Crippen LogP contribution < -0.4 is 10.6 Å². The lowest BCUT2D eigenvalue weighted by Crippen LogP contribution is -2.56. The van der Waals surface area contributed by atoms with Gasteiger partial charge >= 0.3 is 6.03 Å². The predicted octanol–water partition coefficient (Wildman–Crippen LogP) is -0.416. The zero-order valence-electron chi connectivity index (χ0n) is 12.7. The van der Waals surface area contributed by atoms with E-state index >= 15 is 0 Å². The maximum Gasteiger partial charge on any atom is 0.315 e. The minimum absolute atomic E-state index is 0.0489. The SMILES string of the molecule is CC(C)(CNC(=O)NC1CCS(=O)(=O)C1)N1CCOCC1. The zero-order valence-corrected chi connectivity index (χ0v) is 13.5. The number of nitrogens with one attached hydrogen (secondary N) is 2. The Bertz CT molecular complexity index is 472. The third-order valence-corrected chi connectivity index (χ3v) is 5.88. The van der Waals surface area contributed by atoms with Crippen molar-refractivity contribution >= 4 is 15.9 Å². The van der Waals surface area contributed by atoms with Crippen LogP contribution in [0.2, 0.25) is 0 Å². The molecule has 8 heteroatoms. The molecule has 0 bridgehead atoms. The number of amides is 2. The number of rotatable bonds is 4. The Morgan fingerprint density at radius 2 is 2.00 bits per heavy atom. The van der Waals surface area contributed by atoms with E-state index < -0.39 is 9.84 Å². The van der Waals surface area contributed by atoms with E-state index in [9.17, 15) is 13.2 Å². The van der Waals surface area contributed by atoms with Crippen LogP contribution in [0.1, 0.15) is 20.3 Å². The number of ether oxygens (including phenoxy) is 1. The number of nitrogens with zero attached hydrogens (tertiary/aromatic N) is 1. The van der Waals surface area contributed by atoms with Gasteiger partial charge in [0.1, 0.15) is 0 Å². The van der Waals surface area contributed by atoms with Crippen molar-refractivity contribution in [1.82, 2.24) is 15.5 Å². The molecule has 0 aliphatic carbocycles. The van der Waals surface area contributed by atoms with E-state index in [0.29, 0.717) is 13.0 Å². The first-order chi connectivity index (χ1) is 9.78. The molecule has 0 aromatic rings. The van der Waals surface area contributed by atoms with Crippen LogP contribution >= 0.6 is 0 Å². The second-order valence-corrected chi connectivity index (χ2v) is 8.57. The van der Waals surface area contributed by atoms with Gasteiger partial charge in [-0.25, -0.2) is 13.2 Å². The quantitative estimate of drug-likeness (QED) is 0.735. The van der Waals surface area contributed by atoms with Crippen molar-refractivity contribution in [3.8, 4) is 0 Å². The van der Waals surface area contributed by atoms with Gasteiger partial charge in [0.25, 0.3) is 0 Å². The average Bonchev–Trinajstić information content (AvgIpc) is 2.77. The van der Waals surface area contributed by atoms with Gasteiger partial charge in [-0.15, -0.1) is 0 Å². The van der Waals surface area contributed by atoms with E-state index in [-0.39, 0.29) is 29.1 Å². The Kier molecular flexibility index (Phi) is 5.11. The molecule has 2 heterocycles. The number of urea groups is 1. The highest BCUT2D eigenvalue weighted by atomic mass is 32.2. The fraction of sp³-hybridized carbons (Fsp3) is 0.923. The summed E-state index contributed by atoms with van der Waals surface area (Å²) < 4.78 is 28.0. The number of carbonyl (C=O) groups is 1. The maximum absolute atomic E-state index is 11.9. The van der Waals surface area contributed by atoms with E-state index in [0.717, 1.165) is 26.3 Å². The largest absolute Gasteiger partial charge is 0.379 e. The minimum Gasteiger partial charge on any atom is -0.379 e. The molecule has 2 saturated heterocycles. The van der Waals surface area contributed by atoms with Crippen LogP contribution in [0.25, 0.3) is 0 Å². The van der Waals surface area contributed by atoms with E-state index in [2.05, 4.69) is 29.4 Å². The van der Waals surface area contributed by atoms with Gasteiger partial charge in [0, 0.05) is 31.2 Å². The van der Waals surface area contributed by atoms with Crippen molar-refractivity contribution in [1.29, 1.82) is 0 Å². The normalized spacial score (nSPS) is 26.5. The molecule has 2 rings (SSSR count). The molecule has 1 atom stereocenters. The summed E-state index contributed by atoms with van der Waals surface area (Å²) in [5.74, 6) is 0.213. The number of carbonyl (C=O) groups excluding carboxylic acids is 1. The Morgan fingerprint density at radius 1 is 1.33 bits per heavy atom. The van der Waals surface area contributed by atoms with E-state index in [1.54, 1.807) is 0 Å². The summed E-state index contributed by atoms with van der Waals surface area (Å²) in [6, 6.07) is -0.556. The molecular weight excluding hydrogens is 294 g/mol. The lowest BCUT2D eigenvalue weighted by Gasteiger charge is -2.40. The second kappa shape index (κ2) is 6.50. The lowest BCUT2D eigenvalue weighted by atomic mass is 10.0. The molecule has 2 fully saturated rings. The van der Waals surface area contributed by atoms with Crippen molar-refractivity contribution in [2.45, 2.75) is 31.8 Å². The van der Waals surface area contributed by atoms with Gasteiger partial charge in [0.15, 0.2) is 9.84 Å². The minimum atomic E-state index is -2.97. The smallest absolute Gasteiger partial charge is 0.315 e. The first-order valence-corrected chi connectivity index (χ1v) is 9.18.